The predicted octanol–water partition coefficient (Wildman–Crippen LogP) is 2.39. The van der Waals surface area contributed by atoms with Crippen LogP contribution in [0.25, 0.3) is 0 Å². The molecule has 1 aromatic rings. The van der Waals surface area contributed by atoms with Crippen molar-refractivity contribution in [3.63, 3.8) is 0 Å². The molecule has 0 atom stereocenters. The van der Waals surface area contributed by atoms with Crippen molar-refractivity contribution < 1.29 is 13.2 Å². The van der Waals surface area contributed by atoms with E-state index in [-0.39, 0.29) is 20.6 Å². The van der Waals surface area contributed by atoms with Crippen molar-refractivity contribution in [2.45, 2.75) is 11.8 Å². The van der Waals surface area contributed by atoms with Crippen LogP contribution >= 0.6 is 34.8 Å². The van der Waals surface area contributed by atoms with E-state index < -0.39 is 20.8 Å². The maximum absolute atomic E-state index is 12.1. The monoisotopic (exact) mass is 344 g/mol. The molecule has 0 heterocycles. The molecule has 1 rings (SSSR count). The number of hydrogen-bond acceptors (Lipinski definition) is 3. The van der Waals surface area contributed by atoms with Crippen LogP contribution in [0.3, 0.4) is 0 Å². The van der Waals surface area contributed by atoms with Gasteiger partial charge < -0.3 is 4.90 Å². The van der Waals surface area contributed by atoms with Crippen LogP contribution in [0.4, 0.5) is 0 Å². The second-order valence-electron chi connectivity index (χ2n) is 3.72. The summed E-state index contributed by atoms with van der Waals surface area (Å²) in [7, 11) is -2.59. The number of carbonyl (C=O) groups is 1. The van der Waals surface area contributed by atoms with Crippen molar-refractivity contribution in [2.75, 3.05) is 13.6 Å². The second kappa shape index (κ2) is 5.85. The first-order chi connectivity index (χ1) is 8.61. The van der Waals surface area contributed by atoms with E-state index in [2.05, 4.69) is 0 Å². The number of nitrogens with two attached hydrogens (primary N) is 1. The summed E-state index contributed by atoms with van der Waals surface area (Å²) in [5.41, 5.74) is -0.177. The van der Waals surface area contributed by atoms with E-state index in [9.17, 15) is 13.2 Å². The van der Waals surface area contributed by atoms with Crippen LogP contribution in [0.15, 0.2) is 11.0 Å². The average molecular weight is 346 g/mol. The van der Waals surface area contributed by atoms with E-state index >= 15 is 0 Å². The topological polar surface area (TPSA) is 80.5 Å². The molecule has 0 fully saturated rings. The number of sulfonamides is 1. The third kappa shape index (κ3) is 3.32. The maximum atomic E-state index is 12.1. The number of carbonyl (C=O) groups excluding carboxylic acids is 1. The molecule has 1 aromatic carbocycles. The lowest BCUT2D eigenvalue weighted by atomic mass is 10.2. The van der Waals surface area contributed by atoms with Gasteiger partial charge in [0, 0.05) is 13.6 Å². The zero-order valence-electron chi connectivity index (χ0n) is 10.1. The Hall–Kier alpha value is -0.530. The van der Waals surface area contributed by atoms with Crippen molar-refractivity contribution in [1.82, 2.24) is 4.90 Å². The molecule has 0 bridgehead atoms. The highest BCUT2D eigenvalue weighted by molar-refractivity contribution is 7.89. The molecule has 0 aliphatic carbocycles. The molecule has 0 aromatic heterocycles. The van der Waals surface area contributed by atoms with Crippen molar-refractivity contribution >= 4 is 50.7 Å². The molecule has 9 heteroatoms. The summed E-state index contributed by atoms with van der Waals surface area (Å²) in [6.07, 6.45) is 0. The van der Waals surface area contributed by atoms with Gasteiger partial charge in [-0.3, -0.25) is 4.79 Å². The van der Waals surface area contributed by atoms with E-state index in [0.29, 0.717) is 6.54 Å². The van der Waals surface area contributed by atoms with Crippen molar-refractivity contribution in [1.29, 1.82) is 0 Å². The van der Waals surface area contributed by atoms with Crippen LogP contribution in [-0.4, -0.2) is 32.8 Å². The highest BCUT2D eigenvalue weighted by Gasteiger charge is 2.26. The Morgan fingerprint density at radius 3 is 2.26 bits per heavy atom. The Balaban J connectivity index is 3.65. The smallest absolute Gasteiger partial charge is 0.256 e. The van der Waals surface area contributed by atoms with Crippen LogP contribution < -0.4 is 5.14 Å². The predicted molar refractivity (Wildman–Crippen MR) is 75.5 cm³/mol. The van der Waals surface area contributed by atoms with Crippen LogP contribution in [0.5, 0.6) is 0 Å². The first kappa shape index (κ1) is 16.5. The molecule has 2 N–H and O–H groups in total. The molecule has 0 aliphatic rings. The lowest BCUT2D eigenvalue weighted by molar-refractivity contribution is 0.0802. The van der Waals surface area contributed by atoms with Gasteiger partial charge in [0.25, 0.3) is 5.91 Å². The van der Waals surface area contributed by atoms with Crippen molar-refractivity contribution in [3.05, 3.63) is 26.7 Å². The minimum atomic E-state index is -4.11. The second-order valence-corrected chi connectivity index (χ2v) is 6.42. The van der Waals surface area contributed by atoms with Crippen molar-refractivity contribution in [2.24, 2.45) is 5.14 Å². The Bertz CT molecular complexity index is 631. The summed E-state index contributed by atoms with van der Waals surface area (Å²) < 4.78 is 22.8. The molecular formula is C10H11Cl3N2O3S. The molecule has 0 radical (unpaired) electrons. The Kier molecular flexibility index (Phi) is 5.08. The summed E-state index contributed by atoms with van der Waals surface area (Å²) >= 11 is 17.6. The average Bonchev–Trinajstić information content (AvgIpc) is 2.31. The van der Waals surface area contributed by atoms with E-state index in [0.717, 1.165) is 6.07 Å². The number of rotatable bonds is 3. The Morgan fingerprint density at radius 2 is 1.84 bits per heavy atom. The van der Waals surface area contributed by atoms with Gasteiger partial charge in [-0.1, -0.05) is 34.8 Å². The van der Waals surface area contributed by atoms with Gasteiger partial charge in [-0.25, -0.2) is 13.6 Å². The molecule has 106 valence electrons. The first-order valence-electron chi connectivity index (χ1n) is 5.07. The molecule has 0 saturated heterocycles. The zero-order valence-corrected chi connectivity index (χ0v) is 13.2. The fraction of sp³-hybridized carbons (Fsp3) is 0.300. The number of hydrogen-bond donors (Lipinski definition) is 1. The number of primary sulfonamides is 1. The summed E-state index contributed by atoms with van der Waals surface area (Å²) in [4.78, 5) is 13.0. The summed E-state index contributed by atoms with van der Waals surface area (Å²) in [6, 6.07) is 1.02. The molecule has 0 spiro atoms. The van der Waals surface area contributed by atoms with E-state index in [1.165, 1.54) is 11.9 Å². The van der Waals surface area contributed by atoms with Gasteiger partial charge in [0.2, 0.25) is 10.0 Å². The first-order valence-corrected chi connectivity index (χ1v) is 7.75. The third-order valence-electron chi connectivity index (χ3n) is 2.46. The Labute approximate surface area is 126 Å². The van der Waals surface area contributed by atoms with E-state index in [4.69, 9.17) is 39.9 Å². The molecule has 0 unspecified atom stereocenters. The van der Waals surface area contributed by atoms with Crippen molar-refractivity contribution in [3.8, 4) is 0 Å². The number of benzene rings is 1. The number of amides is 1. The third-order valence-corrected chi connectivity index (χ3v) is 4.69. The van der Waals surface area contributed by atoms with Gasteiger partial charge in [-0.15, -0.1) is 0 Å². The van der Waals surface area contributed by atoms with Crippen LogP contribution in [0.1, 0.15) is 17.3 Å². The standard InChI is InChI=1S/C10H11Cl3N2O3S/c1-3-15(2)10(16)7-8(12)5(11)4-6(9(7)13)19(14,17)18/h4H,3H2,1-2H3,(H2,14,17,18). The number of nitrogens with zero attached hydrogens (tertiary/aromatic N) is 1. The van der Waals surface area contributed by atoms with Gasteiger partial charge in [-0.2, -0.15) is 0 Å². The van der Waals surface area contributed by atoms with Gasteiger partial charge in [0.1, 0.15) is 4.90 Å². The summed E-state index contributed by atoms with van der Waals surface area (Å²) in [6.45, 7) is 2.13. The minimum absolute atomic E-state index is 0.107. The quantitative estimate of drug-likeness (QED) is 0.854. The largest absolute Gasteiger partial charge is 0.342 e. The fourth-order valence-corrected chi connectivity index (χ4v) is 3.04. The lowest BCUT2D eigenvalue weighted by Gasteiger charge is -2.18. The van der Waals surface area contributed by atoms with Gasteiger partial charge in [-0.05, 0) is 13.0 Å². The van der Waals surface area contributed by atoms with Gasteiger partial charge >= 0.3 is 0 Å². The SMILES string of the molecule is CCN(C)C(=O)c1c(Cl)c(Cl)cc(S(N)(=O)=O)c1Cl. The summed E-state index contributed by atoms with van der Waals surface area (Å²) in [5.74, 6) is -0.537. The molecule has 5 nitrogen and oxygen atoms in total. The molecule has 0 aliphatic heterocycles. The normalized spacial score (nSPS) is 11.5. The molecular weight excluding hydrogens is 335 g/mol. The Morgan fingerprint density at radius 1 is 1.32 bits per heavy atom. The van der Waals surface area contributed by atoms with Crippen LogP contribution in [0.2, 0.25) is 15.1 Å². The van der Waals surface area contributed by atoms with E-state index in [1.807, 2.05) is 0 Å². The summed E-state index contributed by atoms with van der Waals surface area (Å²) in [5, 5.41) is 4.47. The molecule has 0 saturated carbocycles. The van der Waals surface area contributed by atoms with Gasteiger partial charge in [0.05, 0.1) is 20.6 Å². The molecule has 1 amide bonds. The van der Waals surface area contributed by atoms with E-state index in [1.54, 1.807) is 6.92 Å². The minimum Gasteiger partial charge on any atom is -0.342 e. The van der Waals surface area contributed by atoms with Crippen LogP contribution in [0, 0.1) is 0 Å². The van der Waals surface area contributed by atoms with Gasteiger partial charge in [0.15, 0.2) is 0 Å². The van der Waals surface area contributed by atoms with Crippen LogP contribution in [-0.2, 0) is 10.0 Å². The number of halogens is 3. The highest BCUT2D eigenvalue weighted by atomic mass is 35.5. The zero-order chi connectivity index (χ0) is 15.0. The molecule has 19 heavy (non-hydrogen) atoms. The highest BCUT2D eigenvalue weighted by Crippen LogP contribution is 2.36. The fourth-order valence-electron chi connectivity index (χ4n) is 1.31. The lowest BCUT2D eigenvalue weighted by Crippen LogP contribution is -2.27. The maximum Gasteiger partial charge on any atom is 0.256 e.